The quantitative estimate of drug-likeness (QED) is 0.784. The molecule has 0 spiro atoms. The lowest BCUT2D eigenvalue weighted by Crippen LogP contribution is -2.14. The summed E-state index contributed by atoms with van der Waals surface area (Å²) in [6, 6.07) is 17.9. The van der Waals surface area contributed by atoms with Crippen molar-refractivity contribution in [2.45, 2.75) is 12.5 Å². The molecule has 0 aliphatic rings. The van der Waals surface area contributed by atoms with Gasteiger partial charge in [-0.3, -0.25) is 4.98 Å². The molecule has 0 radical (unpaired) electrons. The van der Waals surface area contributed by atoms with Gasteiger partial charge in [-0.05, 0) is 41.8 Å². The molecule has 0 bridgehead atoms. The molecule has 3 aromatic rings. The lowest BCUT2D eigenvalue weighted by atomic mass is 9.97. The zero-order valence-corrected chi connectivity index (χ0v) is 11.7. The van der Waals surface area contributed by atoms with Crippen molar-refractivity contribution in [3.8, 4) is 0 Å². The first kappa shape index (κ1) is 13.1. The Labute approximate surface area is 123 Å². The van der Waals surface area contributed by atoms with Gasteiger partial charge in [-0.25, -0.2) is 0 Å². The van der Waals surface area contributed by atoms with Crippen LogP contribution in [0.25, 0.3) is 10.9 Å². The summed E-state index contributed by atoms with van der Waals surface area (Å²) in [6.45, 7) is 0. The van der Waals surface area contributed by atoms with Gasteiger partial charge in [0.1, 0.15) is 0 Å². The Morgan fingerprint density at radius 3 is 2.55 bits per heavy atom. The normalized spacial score (nSPS) is 12.5. The number of pyridine rings is 1. The number of hydrogen-bond donors (Lipinski definition) is 1. The topological polar surface area (TPSA) is 38.9 Å². The Morgan fingerprint density at radius 2 is 1.75 bits per heavy atom. The number of para-hydroxylation sites is 1. The van der Waals surface area contributed by atoms with Crippen molar-refractivity contribution < 1.29 is 0 Å². The van der Waals surface area contributed by atoms with Crippen molar-refractivity contribution >= 4 is 22.5 Å². The molecule has 2 nitrogen and oxygen atoms in total. The molecule has 1 unspecified atom stereocenters. The molecular weight excluding hydrogens is 268 g/mol. The summed E-state index contributed by atoms with van der Waals surface area (Å²) in [5, 5.41) is 1.87. The van der Waals surface area contributed by atoms with E-state index < -0.39 is 0 Å². The van der Waals surface area contributed by atoms with E-state index in [1.54, 1.807) is 0 Å². The van der Waals surface area contributed by atoms with E-state index in [1.165, 1.54) is 5.56 Å². The first-order chi connectivity index (χ1) is 9.74. The van der Waals surface area contributed by atoms with Crippen LogP contribution in [0.2, 0.25) is 5.02 Å². The second-order valence-electron chi connectivity index (χ2n) is 4.85. The van der Waals surface area contributed by atoms with E-state index in [9.17, 15) is 0 Å². The molecule has 2 N–H and O–H groups in total. The number of hydrogen-bond acceptors (Lipinski definition) is 2. The first-order valence-corrected chi connectivity index (χ1v) is 6.95. The van der Waals surface area contributed by atoms with Crippen LogP contribution in [0.3, 0.4) is 0 Å². The van der Waals surface area contributed by atoms with Crippen LogP contribution in [-0.4, -0.2) is 4.98 Å². The third kappa shape index (κ3) is 2.67. The third-order valence-electron chi connectivity index (χ3n) is 3.45. The Bertz CT molecular complexity index is 717. The predicted molar refractivity (Wildman–Crippen MR) is 83.8 cm³/mol. The average molecular weight is 283 g/mol. The fourth-order valence-electron chi connectivity index (χ4n) is 2.43. The van der Waals surface area contributed by atoms with Crippen molar-refractivity contribution in [3.05, 3.63) is 76.9 Å². The average Bonchev–Trinajstić information content (AvgIpc) is 2.49. The van der Waals surface area contributed by atoms with Crippen molar-refractivity contribution in [1.29, 1.82) is 0 Å². The molecule has 1 aromatic heterocycles. The van der Waals surface area contributed by atoms with Crippen molar-refractivity contribution in [3.63, 3.8) is 0 Å². The largest absolute Gasteiger partial charge is 0.324 e. The van der Waals surface area contributed by atoms with Gasteiger partial charge in [0.05, 0.1) is 5.52 Å². The molecule has 1 atom stereocenters. The Hall–Kier alpha value is -1.90. The molecular formula is C17H15ClN2. The molecule has 0 saturated carbocycles. The second-order valence-corrected chi connectivity index (χ2v) is 5.29. The summed E-state index contributed by atoms with van der Waals surface area (Å²) in [5.41, 5.74) is 9.67. The van der Waals surface area contributed by atoms with E-state index in [2.05, 4.69) is 11.1 Å². The van der Waals surface area contributed by atoms with E-state index in [-0.39, 0.29) is 6.04 Å². The number of rotatable bonds is 3. The summed E-state index contributed by atoms with van der Waals surface area (Å²) >= 11 is 5.90. The third-order valence-corrected chi connectivity index (χ3v) is 3.70. The maximum atomic E-state index is 6.37. The number of nitrogens with two attached hydrogens (primary N) is 1. The second kappa shape index (κ2) is 5.61. The van der Waals surface area contributed by atoms with Gasteiger partial charge in [0, 0.05) is 22.6 Å². The van der Waals surface area contributed by atoms with Crippen LogP contribution in [-0.2, 0) is 6.42 Å². The molecule has 1 heterocycles. The van der Waals surface area contributed by atoms with Crippen LogP contribution in [0.4, 0.5) is 0 Å². The zero-order valence-electron chi connectivity index (χ0n) is 11.0. The first-order valence-electron chi connectivity index (χ1n) is 6.58. The van der Waals surface area contributed by atoms with Crippen LogP contribution in [0.15, 0.2) is 60.8 Å². The molecule has 0 saturated heterocycles. The minimum absolute atomic E-state index is 0.0518. The highest BCUT2D eigenvalue weighted by Crippen LogP contribution is 2.24. The van der Waals surface area contributed by atoms with Crippen LogP contribution in [0.1, 0.15) is 17.2 Å². The van der Waals surface area contributed by atoms with Crippen LogP contribution in [0, 0.1) is 0 Å². The summed E-state index contributed by atoms with van der Waals surface area (Å²) in [7, 11) is 0. The molecule has 0 aliphatic carbocycles. The summed E-state index contributed by atoms with van der Waals surface area (Å²) < 4.78 is 0. The van der Waals surface area contributed by atoms with Crippen LogP contribution in [0.5, 0.6) is 0 Å². The monoisotopic (exact) mass is 282 g/mol. The maximum Gasteiger partial charge on any atom is 0.0705 e. The molecule has 20 heavy (non-hydrogen) atoms. The molecule has 100 valence electrons. The molecule has 3 heteroatoms. The predicted octanol–water partition coefficient (Wildman–Crippen LogP) is 4.13. The smallest absolute Gasteiger partial charge is 0.0705 e. The fraction of sp³-hybridized carbons (Fsp3) is 0.118. The van der Waals surface area contributed by atoms with Gasteiger partial charge < -0.3 is 5.73 Å². The lowest BCUT2D eigenvalue weighted by molar-refractivity contribution is 0.727. The van der Waals surface area contributed by atoms with E-state index in [0.717, 1.165) is 27.9 Å². The highest BCUT2D eigenvalue weighted by molar-refractivity contribution is 6.30. The summed E-state index contributed by atoms with van der Waals surface area (Å²) in [6.07, 6.45) is 2.60. The summed E-state index contributed by atoms with van der Waals surface area (Å²) in [5.74, 6) is 0. The van der Waals surface area contributed by atoms with Gasteiger partial charge in [-0.1, -0.05) is 41.9 Å². The number of nitrogens with zero attached hydrogens (tertiary/aromatic N) is 1. The van der Waals surface area contributed by atoms with Gasteiger partial charge in [0.2, 0.25) is 0 Å². The Balaban J connectivity index is 1.92. The number of benzene rings is 2. The molecule has 0 fully saturated rings. The van der Waals surface area contributed by atoms with Gasteiger partial charge in [0.25, 0.3) is 0 Å². The van der Waals surface area contributed by atoms with Crippen LogP contribution < -0.4 is 5.73 Å². The van der Waals surface area contributed by atoms with E-state index >= 15 is 0 Å². The van der Waals surface area contributed by atoms with E-state index in [1.807, 2.05) is 54.7 Å². The Morgan fingerprint density at radius 1 is 1.00 bits per heavy atom. The SMILES string of the molecule is NC(Cc1ccc(Cl)cc1)c1ccnc2ccccc12. The standard InChI is InChI=1S/C17H15ClN2/c18-13-7-5-12(6-8-13)11-16(19)14-9-10-20-17-4-2-1-3-15(14)17/h1-10,16H,11,19H2. The van der Waals surface area contributed by atoms with Gasteiger partial charge in [-0.15, -0.1) is 0 Å². The molecule has 0 amide bonds. The highest BCUT2D eigenvalue weighted by atomic mass is 35.5. The van der Waals surface area contributed by atoms with Crippen molar-refractivity contribution in [2.75, 3.05) is 0 Å². The minimum atomic E-state index is -0.0518. The van der Waals surface area contributed by atoms with Crippen LogP contribution >= 0.6 is 11.6 Å². The van der Waals surface area contributed by atoms with E-state index in [0.29, 0.717) is 0 Å². The number of halogens is 1. The lowest BCUT2D eigenvalue weighted by Gasteiger charge is -2.14. The minimum Gasteiger partial charge on any atom is -0.324 e. The summed E-state index contributed by atoms with van der Waals surface area (Å²) in [4.78, 5) is 4.37. The number of fused-ring (bicyclic) bond motifs is 1. The highest BCUT2D eigenvalue weighted by Gasteiger charge is 2.11. The van der Waals surface area contributed by atoms with E-state index in [4.69, 9.17) is 17.3 Å². The number of aromatic nitrogens is 1. The van der Waals surface area contributed by atoms with Gasteiger partial charge in [0.15, 0.2) is 0 Å². The molecule has 3 rings (SSSR count). The van der Waals surface area contributed by atoms with Gasteiger partial charge in [-0.2, -0.15) is 0 Å². The van der Waals surface area contributed by atoms with Gasteiger partial charge >= 0.3 is 0 Å². The van der Waals surface area contributed by atoms with Crippen molar-refractivity contribution in [2.24, 2.45) is 5.73 Å². The Kier molecular flexibility index (Phi) is 3.68. The molecule has 2 aromatic carbocycles. The molecule has 0 aliphatic heterocycles. The zero-order chi connectivity index (χ0) is 13.9. The fourth-order valence-corrected chi connectivity index (χ4v) is 2.55. The maximum absolute atomic E-state index is 6.37. The van der Waals surface area contributed by atoms with Crippen molar-refractivity contribution in [1.82, 2.24) is 4.98 Å².